The van der Waals surface area contributed by atoms with Gasteiger partial charge < -0.3 is 20.4 Å². The Morgan fingerprint density at radius 2 is 2.07 bits per heavy atom. The fourth-order valence-electron chi connectivity index (χ4n) is 3.53. The summed E-state index contributed by atoms with van der Waals surface area (Å²) in [5, 5.41) is 2.91. The fourth-order valence-corrected chi connectivity index (χ4v) is 5.81. The molecule has 8 nitrogen and oxygen atoms in total. The number of nitrogens with one attached hydrogen (secondary N) is 2. The first kappa shape index (κ1) is 21.5. The van der Waals surface area contributed by atoms with E-state index in [4.69, 9.17) is 10.2 Å². The number of furan rings is 1. The Kier molecular flexibility index (Phi) is 6.16. The van der Waals surface area contributed by atoms with Gasteiger partial charge in [-0.1, -0.05) is 12.2 Å². The Bertz CT molecular complexity index is 992. The normalized spacial score (nSPS) is 22.4. The van der Waals surface area contributed by atoms with E-state index in [9.17, 15) is 13.2 Å². The van der Waals surface area contributed by atoms with Gasteiger partial charge in [-0.15, -0.1) is 0 Å². The van der Waals surface area contributed by atoms with E-state index in [1.807, 2.05) is 31.1 Å². The SMILES string of the molecule is CC(=O)NC1(CCSCc2ccc(CN(C)C)o2)C=CC=C2C1=C(N)NS2(=O)=O. The first-order valence-corrected chi connectivity index (χ1v) is 11.8. The molecular formula is C19H26N4O4S2. The number of rotatable bonds is 8. The second-order valence-corrected chi connectivity index (χ2v) is 10.1. The number of sulfonamides is 1. The lowest BCUT2D eigenvalue weighted by molar-refractivity contribution is -0.120. The molecule has 1 aliphatic heterocycles. The van der Waals surface area contributed by atoms with E-state index in [1.165, 1.54) is 13.0 Å². The van der Waals surface area contributed by atoms with Crippen LogP contribution in [-0.2, 0) is 27.1 Å². The molecule has 0 radical (unpaired) electrons. The first-order valence-electron chi connectivity index (χ1n) is 9.15. The molecule has 1 unspecified atom stereocenters. The molecule has 29 heavy (non-hydrogen) atoms. The Morgan fingerprint density at radius 3 is 2.76 bits per heavy atom. The van der Waals surface area contributed by atoms with Crippen LogP contribution in [0.4, 0.5) is 0 Å². The molecule has 2 heterocycles. The molecule has 2 aliphatic rings. The highest BCUT2D eigenvalue weighted by Gasteiger charge is 2.45. The van der Waals surface area contributed by atoms with Crippen LogP contribution < -0.4 is 15.8 Å². The maximum absolute atomic E-state index is 12.3. The highest BCUT2D eigenvalue weighted by Crippen LogP contribution is 2.40. The predicted octanol–water partition coefficient (Wildman–Crippen LogP) is 1.40. The van der Waals surface area contributed by atoms with Crippen molar-refractivity contribution in [1.82, 2.24) is 14.9 Å². The van der Waals surface area contributed by atoms with E-state index < -0.39 is 15.6 Å². The topological polar surface area (TPSA) is 118 Å². The number of nitrogens with zero attached hydrogens (tertiary/aromatic N) is 1. The van der Waals surface area contributed by atoms with Crippen molar-refractivity contribution >= 4 is 27.7 Å². The third-order valence-electron chi connectivity index (χ3n) is 4.60. The van der Waals surface area contributed by atoms with Crippen molar-refractivity contribution in [3.05, 3.63) is 58.2 Å². The van der Waals surface area contributed by atoms with Crippen molar-refractivity contribution in [3.63, 3.8) is 0 Å². The summed E-state index contributed by atoms with van der Waals surface area (Å²) < 4.78 is 32.8. The number of fused-ring (bicyclic) bond motifs is 1. The van der Waals surface area contributed by atoms with Gasteiger partial charge in [-0.25, -0.2) is 8.42 Å². The van der Waals surface area contributed by atoms with Crippen molar-refractivity contribution < 1.29 is 17.6 Å². The van der Waals surface area contributed by atoms with Gasteiger partial charge in [0.1, 0.15) is 17.3 Å². The number of hydrogen-bond donors (Lipinski definition) is 3. The Morgan fingerprint density at radius 1 is 1.34 bits per heavy atom. The zero-order chi connectivity index (χ0) is 21.2. The zero-order valence-corrected chi connectivity index (χ0v) is 18.3. The average Bonchev–Trinajstić information content (AvgIpc) is 3.13. The van der Waals surface area contributed by atoms with Gasteiger partial charge in [-0.2, -0.15) is 11.8 Å². The number of allylic oxidation sites excluding steroid dienone is 2. The number of carbonyl (C=O) groups is 1. The van der Waals surface area contributed by atoms with E-state index in [0.29, 0.717) is 23.5 Å². The summed E-state index contributed by atoms with van der Waals surface area (Å²) in [6.45, 7) is 2.15. The monoisotopic (exact) mass is 438 g/mol. The number of nitrogens with two attached hydrogens (primary N) is 1. The molecule has 1 atom stereocenters. The molecular weight excluding hydrogens is 412 g/mol. The molecule has 1 aliphatic carbocycles. The Hall–Kier alpha value is -2.17. The van der Waals surface area contributed by atoms with Crippen LogP contribution >= 0.6 is 11.8 Å². The molecule has 0 fully saturated rings. The van der Waals surface area contributed by atoms with E-state index in [0.717, 1.165) is 18.1 Å². The highest BCUT2D eigenvalue weighted by atomic mass is 32.2. The molecule has 4 N–H and O–H groups in total. The Labute approximate surface area is 175 Å². The molecule has 1 aromatic rings. The molecule has 10 heteroatoms. The van der Waals surface area contributed by atoms with Gasteiger partial charge >= 0.3 is 0 Å². The van der Waals surface area contributed by atoms with Crippen molar-refractivity contribution in [3.8, 4) is 0 Å². The molecule has 1 aromatic heterocycles. The smallest absolute Gasteiger partial charge is 0.263 e. The van der Waals surface area contributed by atoms with E-state index >= 15 is 0 Å². The maximum Gasteiger partial charge on any atom is 0.263 e. The summed E-state index contributed by atoms with van der Waals surface area (Å²) in [6, 6.07) is 3.93. The number of amides is 1. The lowest BCUT2D eigenvalue weighted by Gasteiger charge is -2.35. The van der Waals surface area contributed by atoms with Crippen LogP contribution in [0.1, 0.15) is 24.9 Å². The summed E-state index contributed by atoms with van der Waals surface area (Å²) in [5.41, 5.74) is 5.43. The van der Waals surface area contributed by atoms with Gasteiger partial charge in [-0.3, -0.25) is 9.52 Å². The quantitative estimate of drug-likeness (QED) is 0.525. The van der Waals surface area contributed by atoms with Crippen molar-refractivity contribution in [2.45, 2.75) is 31.2 Å². The summed E-state index contributed by atoms with van der Waals surface area (Å²) in [4.78, 5) is 14.0. The van der Waals surface area contributed by atoms with Crippen LogP contribution in [0.2, 0.25) is 0 Å². The highest BCUT2D eigenvalue weighted by molar-refractivity contribution is 7.98. The van der Waals surface area contributed by atoms with Crippen LogP contribution in [0.3, 0.4) is 0 Å². The average molecular weight is 439 g/mol. The third-order valence-corrected chi connectivity index (χ3v) is 6.99. The van der Waals surface area contributed by atoms with Crippen molar-refractivity contribution in [1.29, 1.82) is 0 Å². The molecule has 0 aromatic carbocycles. The predicted molar refractivity (Wildman–Crippen MR) is 114 cm³/mol. The summed E-state index contributed by atoms with van der Waals surface area (Å²) in [6.07, 6.45) is 5.44. The second kappa shape index (κ2) is 8.29. The largest absolute Gasteiger partial charge is 0.464 e. The van der Waals surface area contributed by atoms with Crippen LogP contribution in [0.25, 0.3) is 0 Å². The molecule has 1 amide bonds. The maximum atomic E-state index is 12.3. The summed E-state index contributed by atoms with van der Waals surface area (Å²) in [7, 11) is 0.266. The molecule has 0 saturated carbocycles. The number of hydrogen-bond acceptors (Lipinski definition) is 7. The summed E-state index contributed by atoms with van der Waals surface area (Å²) in [5.74, 6) is 2.93. The van der Waals surface area contributed by atoms with Gasteiger partial charge in [0.15, 0.2) is 0 Å². The minimum atomic E-state index is -3.70. The van der Waals surface area contributed by atoms with Crippen molar-refractivity contribution in [2.24, 2.45) is 5.73 Å². The third kappa shape index (κ3) is 4.71. The zero-order valence-electron chi connectivity index (χ0n) is 16.7. The first-order chi connectivity index (χ1) is 13.6. The van der Waals surface area contributed by atoms with Crippen LogP contribution in [-0.4, -0.2) is 44.6 Å². The van der Waals surface area contributed by atoms with E-state index in [-0.39, 0.29) is 16.6 Å². The lowest BCUT2D eigenvalue weighted by atomic mass is 9.83. The van der Waals surface area contributed by atoms with Crippen LogP contribution in [0.5, 0.6) is 0 Å². The minimum absolute atomic E-state index is 0.0544. The summed E-state index contributed by atoms with van der Waals surface area (Å²) >= 11 is 1.65. The van der Waals surface area contributed by atoms with E-state index in [2.05, 4.69) is 10.0 Å². The van der Waals surface area contributed by atoms with Gasteiger partial charge in [0.25, 0.3) is 10.0 Å². The molecule has 0 spiro atoms. The van der Waals surface area contributed by atoms with Crippen LogP contribution in [0, 0.1) is 0 Å². The fraction of sp³-hybridized carbons (Fsp3) is 0.421. The van der Waals surface area contributed by atoms with Gasteiger partial charge in [0, 0.05) is 12.5 Å². The van der Waals surface area contributed by atoms with Crippen LogP contribution in [0.15, 0.2) is 51.1 Å². The van der Waals surface area contributed by atoms with Gasteiger partial charge in [0.05, 0.1) is 22.7 Å². The Balaban J connectivity index is 1.70. The minimum Gasteiger partial charge on any atom is -0.464 e. The standard InChI is InChI=1S/C19H26N4O4S2/c1-13(24)21-19(8-4-5-16-17(19)18(20)22-29(16,25)26)9-10-28-12-15-7-6-14(27-15)11-23(2)3/h4-8,22H,9-12,20H2,1-3H3,(H,21,24). The van der Waals surface area contributed by atoms with Gasteiger partial charge in [0.2, 0.25) is 5.91 Å². The molecule has 158 valence electrons. The molecule has 3 rings (SSSR count). The number of carbonyl (C=O) groups excluding carboxylic acids is 1. The lowest BCUT2D eigenvalue weighted by Crippen LogP contribution is -2.49. The molecule has 0 saturated heterocycles. The van der Waals surface area contributed by atoms with Gasteiger partial charge in [-0.05, 0) is 44.5 Å². The second-order valence-electron chi connectivity index (χ2n) is 7.35. The molecule has 0 bridgehead atoms. The number of thioether (sulfide) groups is 1. The van der Waals surface area contributed by atoms with Crippen molar-refractivity contribution in [2.75, 3.05) is 19.8 Å². The van der Waals surface area contributed by atoms with E-state index in [1.54, 1.807) is 23.9 Å².